The Morgan fingerprint density at radius 2 is 1.87 bits per heavy atom. The second kappa shape index (κ2) is 10.6. The summed E-state index contributed by atoms with van der Waals surface area (Å²) < 4.78 is 5.64. The van der Waals surface area contributed by atoms with Crippen molar-refractivity contribution in [1.29, 1.82) is 0 Å². The zero-order chi connectivity index (χ0) is 16.3. The SMILES string of the molecule is C=CCOCC1CCC(c2ccccc2CCCCCC)CC1. The summed E-state index contributed by atoms with van der Waals surface area (Å²) in [5, 5.41) is 0. The van der Waals surface area contributed by atoms with Gasteiger partial charge in [0.15, 0.2) is 0 Å². The van der Waals surface area contributed by atoms with Gasteiger partial charge in [0, 0.05) is 6.61 Å². The van der Waals surface area contributed by atoms with Crippen LogP contribution in [0.2, 0.25) is 0 Å². The first-order chi connectivity index (χ1) is 11.3. The van der Waals surface area contributed by atoms with Crippen LogP contribution in [-0.2, 0) is 11.2 Å². The van der Waals surface area contributed by atoms with Crippen LogP contribution < -0.4 is 0 Å². The van der Waals surface area contributed by atoms with Crippen LogP contribution in [0, 0.1) is 5.92 Å². The predicted octanol–water partition coefficient (Wildman–Crippen LogP) is 6.29. The molecule has 0 saturated heterocycles. The van der Waals surface area contributed by atoms with Crippen LogP contribution in [0.1, 0.15) is 75.3 Å². The molecule has 1 aliphatic rings. The minimum atomic E-state index is 0.695. The molecule has 0 radical (unpaired) electrons. The van der Waals surface area contributed by atoms with Gasteiger partial charge in [-0.15, -0.1) is 6.58 Å². The number of hydrogen-bond acceptors (Lipinski definition) is 1. The highest BCUT2D eigenvalue weighted by atomic mass is 16.5. The number of rotatable bonds is 10. The van der Waals surface area contributed by atoms with Gasteiger partial charge < -0.3 is 4.74 Å². The largest absolute Gasteiger partial charge is 0.377 e. The van der Waals surface area contributed by atoms with E-state index in [0.29, 0.717) is 6.61 Å². The van der Waals surface area contributed by atoms with Gasteiger partial charge >= 0.3 is 0 Å². The number of unbranched alkanes of at least 4 members (excludes halogenated alkanes) is 3. The molecule has 128 valence electrons. The molecular formula is C22H34O. The van der Waals surface area contributed by atoms with E-state index in [1.165, 1.54) is 57.8 Å². The molecule has 0 unspecified atom stereocenters. The topological polar surface area (TPSA) is 9.23 Å². The molecule has 0 spiro atoms. The summed E-state index contributed by atoms with van der Waals surface area (Å²) in [5.41, 5.74) is 3.24. The summed E-state index contributed by atoms with van der Waals surface area (Å²) in [7, 11) is 0. The molecule has 0 heterocycles. The van der Waals surface area contributed by atoms with Gasteiger partial charge in [0.1, 0.15) is 0 Å². The van der Waals surface area contributed by atoms with Gasteiger partial charge in [0.05, 0.1) is 6.61 Å². The van der Waals surface area contributed by atoms with E-state index in [1.807, 2.05) is 6.08 Å². The van der Waals surface area contributed by atoms with Crippen LogP contribution in [0.25, 0.3) is 0 Å². The highest BCUT2D eigenvalue weighted by Gasteiger charge is 2.23. The van der Waals surface area contributed by atoms with Crippen LogP contribution in [-0.4, -0.2) is 13.2 Å². The molecule has 0 aliphatic heterocycles. The Morgan fingerprint density at radius 3 is 2.61 bits per heavy atom. The molecule has 1 saturated carbocycles. The van der Waals surface area contributed by atoms with E-state index in [9.17, 15) is 0 Å². The molecular weight excluding hydrogens is 280 g/mol. The summed E-state index contributed by atoms with van der Waals surface area (Å²) in [5.74, 6) is 1.52. The summed E-state index contributed by atoms with van der Waals surface area (Å²) in [6.07, 6.45) is 13.8. The van der Waals surface area contributed by atoms with Crippen LogP contribution in [0.15, 0.2) is 36.9 Å². The molecule has 1 aliphatic carbocycles. The van der Waals surface area contributed by atoms with Crippen molar-refractivity contribution >= 4 is 0 Å². The fourth-order valence-corrected chi connectivity index (χ4v) is 3.86. The van der Waals surface area contributed by atoms with Gasteiger partial charge in [-0.05, 0) is 61.5 Å². The first kappa shape index (κ1) is 18.3. The van der Waals surface area contributed by atoms with Crippen molar-refractivity contribution in [2.75, 3.05) is 13.2 Å². The van der Waals surface area contributed by atoms with Gasteiger partial charge in [0.25, 0.3) is 0 Å². The summed E-state index contributed by atoms with van der Waals surface area (Å²) in [4.78, 5) is 0. The van der Waals surface area contributed by atoms with Crippen molar-refractivity contribution in [3.8, 4) is 0 Å². The number of ether oxygens (including phenoxy) is 1. The molecule has 2 rings (SSSR count). The Morgan fingerprint density at radius 1 is 1.09 bits per heavy atom. The fourth-order valence-electron chi connectivity index (χ4n) is 3.86. The molecule has 0 aromatic heterocycles. The van der Waals surface area contributed by atoms with E-state index in [2.05, 4.69) is 37.8 Å². The summed E-state index contributed by atoms with van der Waals surface area (Å²) in [6, 6.07) is 9.19. The molecule has 23 heavy (non-hydrogen) atoms. The smallest absolute Gasteiger partial charge is 0.0644 e. The quantitative estimate of drug-likeness (QED) is 0.364. The maximum Gasteiger partial charge on any atom is 0.0644 e. The second-order valence-corrected chi connectivity index (χ2v) is 7.05. The van der Waals surface area contributed by atoms with E-state index in [1.54, 1.807) is 11.1 Å². The highest BCUT2D eigenvalue weighted by molar-refractivity contribution is 5.31. The maximum atomic E-state index is 5.64. The molecule has 1 fully saturated rings. The first-order valence-corrected chi connectivity index (χ1v) is 9.61. The Labute approximate surface area is 143 Å². The normalized spacial score (nSPS) is 21.3. The Balaban J connectivity index is 1.84. The predicted molar refractivity (Wildman–Crippen MR) is 100 cm³/mol. The zero-order valence-corrected chi connectivity index (χ0v) is 14.9. The van der Waals surface area contributed by atoms with Crippen molar-refractivity contribution in [1.82, 2.24) is 0 Å². The van der Waals surface area contributed by atoms with E-state index in [-0.39, 0.29) is 0 Å². The maximum absolute atomic E-state index is 5.64. The third kappa shape index (κ3) is 6.14. The number of aryl methyl sites for hydroxylation is 1. The Kier molecular flexibility index (Phi) is 8.46. The number of benzene rings is 1. The van der Waals surface area contributed by atoms with Crippen molar-refractivity contribution in [3.05, 3.63) is 48.0 Å². The lowest BCUT2D eigenvalue weighted by Gasteiger charge is -2.30. The first-order valence-electron chi connectivity index (χ1n) is 9.61. The van der Waals surface area contributed by atoms with Crippen LogP contribution in [0.5, 0.6) is 0 Å². The van der Waals surface area contributed by atoms with Gasteiger partial charge in [0.2, 0.25) is 0 Å². The second-order valence-electron chi connectivity index (χ2n) is 7.05. The highest BCUT2D eigenvalue weighted by Crippen LogP contribution is 2.37. The third-order valence-corrected chi connectivity index (χ3v) is 5.23. The molecule has 1 heteroatoms. The van der Waals surface area contributed by atoms with E-state index < -0.39 is 0 Å². The fraction of sp³-hybridized carbons (Fsp3) is 0.636. The molecule has 0 amide bonds. The Bertz CT molecular complexity index is 443. The standard InChI is InChI=1S/C22H34O/c1-3-5-6-7-10-20-11-8-9-12-22(20)21-15-13-19(14-16-21)18-23-17-4-2/h4,8-9,11-12,19,21H,2-3,5-7,10,13-18H2,1H3. The van der Waals surface area contributed by atoms with Crippen LogP contribution in [0.3, 0.4) is 0 Å². The molecule has 0 atom stereocenters. The van der Waals surface area contributed by atoms with Gasteiger partial charge in [-0.25, -0.2) is 0 Å². The lowest BCUT2D eigenvalue weighted by Crippen LogP contribution is -2.18. The van der Waals surface area contributed by atoms with Gasteiger partial charge in [-0.3, -0.25) is 0 Å². The monoisotopic (exact) mass is 314 g/mol. The minimum Gasteiger partial charge on any atom is -0.377 e. The summed E-state index contributed by atoms with van der Waals surface area (Å²) >= 11 is 0. The number of hydrogen-bond donors (Lipinski definition) is 0. The van der Waals surface area contributed by atoms with Crippen LogP contribution >= 0.6 is 0 Å². The van der Waals surface area contributed by atoms with E-state index in [4.69, 9.17) is 4.74 Å². The van der Waals surface area contributed by atoms with E-state index >= 15 is 0 Å². The molecule has 0 N–H and O–H groups in total. The molecule has 1 nitrogen and oxygen atoms in total. The average Bonchev–Trinajstić information content (AvgIpc) is 2.60. The average molecular weight is 315 g/mol. The summed E-state index contributed by atoms with van der Waals surface area (Å²) in [6.45, 7) is 7.61. The van der Waals surface area contributed by atoms with Crippen molar-refractivity contribution in [2.45, 2.75) is 70.6 Å². The van der Waals surface area contributed by atoms with Crippen LogP contribution in [0.4, 0.5) is 0 Å². The van der Waals surface area contributed by atoms with Crippen molar-refractivity contribution in [2.24, 2.45) is 5.92 Å². The van der Waals surface area contributed by atoms with Crippen molar-refractivity contribution < 1.29 is 4.74 Å². The zero-order valence-electron chi connectivity index (χ0n) is 14.9. The molecule has 0 bridgehead atoms. The van der Waals surface area contributed by atoms with Crippen molar-refractivity contribution in [3.63, 3.8) is 0 Å². The molecule has 1 aromatic rings. The minimum absolute atomic E-state index is 0.695. The van der Waals surface area contributed by atoms with Gasteiger partial charge in [-0.1, -0.05) is 56.5 Å². The molecule has 1 aromatic carbocycles. The third-order valence-electron chi connectivity index (χ3n) is 5.23. The lowest BCUT2D eigenvalue weighted by atomic mass is 9.77. The lowest BCUT2D eigenvalue weighted by molar-refractivity contribution is 0.102. The van der Waals surface area contributed by atoms with Gasteiger partial charge in [-0.2, -0.15) is 0 Å². The van der Waals surface area contributed by atoms with E-state index in [0.717, 1.165) is 18.4 Å². The Hall–Kier alpha value is -1.08.